The summed E-state index contributed by atoms with van der Waals surface area (Å²) in [4.78, 5) is 25.6. The van der Waals surface area contributed by atoms with Crippen molar-refractivity contribution >= 4 is 11.9 Å². The number of amides is 1. The lowest BCUT2D eigenvalue weighted by atomic mass is 10.0. The molecule has 1 heterocycles. The van der Waals surface area contributed by atoms with E-state index in [0.717, 1.165) is 13.1 Å². The van der Waals surface area contributed by atoms with Crippen molar-refractivity contribution in [2.45, 2.75) is 39.0 Å². The third-order valence-corrected chi connectivity index (χ3v) is 4.13. The summed E-state index contributed by atoms with van der Waals surface area (Å²) in [5.74, 6) is -1.44. The van der Waals surface area contributed by atoms with Crippen molar-refractivity contribution in [3.63, 3.8) is 0 Å². The van der Waals surface area contributed by atoms with Gasteiger partial charge >= 0.3 is 5.97 Å². The Morgan fingerprint density at radius 2 is 2.04 bits per heavy atom. The number of benzene rings is 1. The molecule has 24 heavy (non-hydrogen) atoms. The molecule has 6 nitrogen and oxygen atoms in total. The van der Waals surface area contributed by atoms with Crippen molar-refractivity contribution in [2.24, 2.45) is 5.92 Å². The number of morpholine rings is 1. The number of nitrogens with zero attached hydrogens (tertiary/aromatic N) is 1. The molecule has 0 saturated carbocycles. The molecule has 1 aromatic carbocycles. The molecule has 0 aliphatic carbocycles. The number of carbonyl (C=O) groups excluding carboxylic acids is 1. The van der Waals surface area contributed by atoms with Crippen LogP contribution in [0.15, 0.2) is 30.3 Å². The van der Waals surface area contributed by atoms with Crippen LogP contribution in [0.4, 0.5) is 0 Å². The molecular weight excluding hydrogens is 308 g/mol. The van der Waals surface area contributed by atoms with E-state index in [1.807, 2.05) is 18.2 Å². The largest absolute Gasteiger partial charge is 0.480 e. The first-order chi connectivity index (χ1) is 11.5. The second-order valence-corrected chi connectivity index (χ2v) is 6.55. The van der Waals surface area contributed by atoms with Gasteiger partial charge in [-0.2, -0.15) is 0 Å². The van der Waals surface area contributed by atoms with E-state index in [2.05, 4.69) is 22.3 Å². The first-order valence-electron chi connectivity index (χ1n) is 8.35. The SMILES string of the molecule is CC(C)[C@@H](NC(=O)CC1CN(Cc2ccccc2)CCO1)C(=O)O. The molecule has 1 aromatic rings. The van der Waals surface area contributed by atoms with Gasteiger partial charge in [0.1, 0.15) is 6.04 Å². The molecule has 1 aliphatic heterocycles. The number of carbonyl (C=O) groups is 2. The molecule has 0 radical (unpaired) electrons. The maximum Gasteiger partial charge on any atom is 0.326 e. The molecule has 6 heteroatoms. The Balaban J connectivity index is 1.83. The summed E-state index contributed by atoms with van der Waals surface area (Å²) in [6.07, 6.45) is -0.0222. The summed E-state index contributed by atoms with van der Waals surface area (Å²) >= 11 is 0. The van der Waals surface area contributed by atoms with Crippen molar-refractivity contribution in [2.75, 3.05) is 19.7 Å². The van der Waals surface area contributed by atoms with E-state index in [-0.39, 0.29) is 24.3 Å². The number of carboxylic acids is 1. The summed E-state index contributed by atoms with van der Waals surface area (Å²) in [7, 11) is 0. The van der Waals surface area contributed by atoms with Crippen LogP contribution in [-0.4, -0.2) is 53.7 Å². The molecule has 132 valence electrons. The third-order valence-electron chi connectivity index (χ3n) is 4.13. The van der Waals surface area contributed by atoms with E-state index in [1.54, 1.807) is 13.8 Å². The lowest BCUT2D eigenvalue weighted by molar-refractivity contribution is -0.143. The summed E-state index contributed by atoms with van der Waals surface area (Å²) in [6.45, 7) is 6.46. The summed E-state index contributed by atoms with van der Waals surface area (Å²) in [5, 5.41) is 11.7. The summed E-state index contributed by atoms with van der Waals surface area (Å²) in [5.41, 5.74) is 1.23. The molecule has 1 aliphatic rings. The van der Waals surface area contributed by atoms with Crippen LogP contribution in [0.2, 0.25) is 0 Å². The van der Waals surface area contributed by atoms with Crippen molar-refractivity contribution in [3.8, 4) is 0 Å². The fraction of sp³-hybridized carbons (Fsp3) is 0.556. The zero-order chi connectivity index (χ0) is 17.5. The van der Waals surface area contributed by atoms with Crippen LogP contribution in [0.3, 0.4) is 0 Å². The number of aliphatic carboxylic acids is 1. The number of rotatable bonds is 7. The first-order valence-corrected chi connectivity index (χ1v) is 8.35. The molecule has 1 fully saturated rings. The standard InChI is InChI=1S/C18H26N2O4/c1-13(2)17(18(22)23)19-16(21)10-15-12-20(8-9-24-15)11-14-6-4-3-5-7-14/h3-7,13,15,17H,8-12H2,1-2H3,(H,19,21)(H,22,23)/t15?,17-/m1/s1. The third kappa shape index (κ3) is 5.62. The van der Waals surface area contributed by atoms with Gasteiger partial charge in [-0.05, 0) is 11.5 Å². The molecule has 1 saturated heterocycles. The number of hydrogen-bond donors (Lipinski definition) is 2. The monoisotopic (exact) mass is 334 g/mol. The van der Waals surface area contributed by atoms with Crippen LogP contribution in [0.1, 0.15) is 25.8 Å². The average molecular weight is 334 g/mol. The molecular formula is C18H26N2O4. The Bertz CT molecular complexity index is 547. The lowest BCUT2D eigenvalue weighted by Crippen LogP contribution is -2.48. The van der Waals surface area contributed by atoms with Gasteiger partial charge in [0.25, 0.3) is 0 Å². The average Bonchev–Trinajstić information content (AvgIpc) is 2.53. The summed E-state index contributed by atoms with van der Waals surface area (Å²) in [6, 6.07) is 9.32. The van der Waals surface area contributed by atoms with Gasteiger partial charge in [0.2, 0.25) is 5.91 Å². The van der Waals surface area contributed by atoms with Gasteiger partial charge in [0.05, 0.1) is 19.1 Å². The number of carboxylic acid groups (broad SMARTS) is 1. The van der Waals surface area contributed by atoms with Gasteiger partial charge < -0.3 is 15.2 Å². The maximum atomic E-state index is 12.1. The predicted molar refractivity (Wildman–Crippen MR) is 90.5 cm³/mol. The van der Waals surface area contributed by atoms with Gasteiger partial charge in [0.15, 0.2) is 0 Å². The highest BCUT2D eigenvalue weighted by molar-refractivity contribution is 5.83. The van der Waals surface area contributed by atoms with Gasteiger partial charge in [-0.25, -0.2) is 4.79 Å². The smallest absolute Gasteiger partial charge is 0.326 e. The molecule has 2 N–H and O–H groups in total. The molecule has 2 atom stereocenters. The fourth-order valence-corrected chi connectivity index (χ4v) is 2.84. The molecule has 0 aromatic heterocycles. The fourth-order valence-electron chi connectivity index (χ4n) is 2.84. The normalized spacial score (nSPS) is 19.9. The van der Waals surface area contributed by atoms with Crippen LogP contribution in [0.25, 0.3) is 0 Å². The van der Waals surface area contributed by atoms with Crippen LogP contribution >= 0.6 is 0 Å². The van der Waals surface area contributed by atoms with Crippen LogP contribution in [-0.2, 0) is 20.9 Å². The lowest BCUT2D eigenvalue weighted by Gasteiger charge is -2.33. The number of hydrogen-bond acceptors (Lipinski definition) is 4. The van der Waals surface area contributed by atoms with E-state index in [1.165, 1.54) is 5.56 Å². The molecule has 2 rings (SSSR count). The Morgan fingerprint density at radius 1 is 1.33 bits per heavy atom. The van der Waals surface area contributed by atoms with Crippen LogP contribution in [0, 0.1) is 5.92 Å². The zero-order valence-electron chi connectivity index (χ0n) is 14.3. The quantitative estimate of drug-likeness (QED) is 0.790. The topological polar surface area (TPSA) is 78.9 Å². The minimum atomic E-state index is -1.01. The Labute approximate surface area is 142 Å². The number of nitrogens with one attached hydrogen (secondary N) is 1. The van der Waals surface area contributed by atoms with Crippen LogP contribution < -0.4 is 5.32 Å². The van der Waals surface area contributed by atoms with Crippen molar-refractivity contribution < 1.29 is 19.4 Å². The van der Waals surface area contributed by atoms with E-state index in [4.69, 9.17) is 9.84 Å². The van der Waals surface area contributed by atoms with Crippen molar-refractivity contribution in [1.29, 1.82) is 0 Å². The second-order valence-electron chi connectivity index (χ2n) is 6.55. The van der Waals surface area contributed by atoms with Gasteiger partial charge in [-0.15, -0.1) is 0 Å². The molecule has 1 unspecified atom stereocenters. The molecule has 0 spiro atoms. The van der Waals surface area contributed by atoms with E-state index >= 15 is 0 Å². The highest BCUT2D eigenvalue weighted by Gasteiger charge is 2.27. The van der Waals surface area contributed by atoms with E-state index in [9.17, 15) is 9.59 Å². The Morgan fingerprint density at radius 3 is 2.67 bits per heavy atom. The van der Waals surface area contributed by atoms with E-state index in [0.29, 0.717) is 13.2 Å². The highest BCUT2D eigenvalue weighted by Crippen LogP contribution is 2.13. The molecule has 1 amide bonds. The van der Waals surface area contributed by atoms with Gasteiger partial charge in [-0.3, -0.25) is 9.69 Å². The van der Waals surface area contributed by atoms with Gasteiger partial charge in [0, 0.05) is 19.6 Å². The predicted octanol–water partition coefficient (Wildman–Crippen LogP) is 1.50. The van der Waals surface area contributed by atoms with Gasteiger partial charge in [-0.1, -0.05) is 44.2 Å². The number of ether oxygens (including phenoxy) is 1. The van der Waals surface area contributed by atoms with Crippen molar-refractivity contribution in [3.05, 3.63) is 35.9 Å². The Kier molecular flexibility index (Phi) is 6.75. The minimum absolute atomic E-state index is 0.159. The second kappa shape index (κ2) is 8.80. The zero-order valence-corrected chi connectivity index (χ0v) is 14.3. The maximum absolute atomic E-state index is 12.1. The van der Waals surface area contributed by atoms with Crippen molar-refractivity contribution in [1.82, 2.24) is 10.2 Å². The minimum Gasteiger partial charge on any atom is -0.480 e. The first kappa shape index (κ1) is 18.4. The van der Waals surface area contributed by atoms with Crippen LogP contribution in [0.5, 0.6) is 0 Å². The summed E-state index contributed by atoms with van der Waals surface area (Å²) < 4.78 is 5.67. The highest BCUT2D eigenvalue weighted by atomic mass is 16.5. The molecule has 0 bridgehead atoms. The Hall–Kier alpha value is -1.92. The van der Waals surface area contributed by atoms with E-state index < -0.39 is 12.0 Å².